The third kappa shape index (κ3) is 4.85. The summed E-state index contributed by atoms with van der Waals surface area (Å²) in [5.74, 6) is -1.43. The molecule has 0 aliphatic heterocycles. The van der Waals surface area contributed by atoms with Gasteiger partial charge in [0.1, 0.15) is 11.6 Å². The number of ether oxygens (including phenoxy) is 1. The summed E-state index contributed by atoms with van der Waals surface area (Å²) >= 11 is 5.68. The van der Waals surface area contributed by atoms with Crippen molar-refractivity contribution in [1.29, 1.82) is 0 Å². The summed E-state index contributed by atoms with van der Waals surface area (Å²) in [7, 11) is 0. The zero-order valence-corrected chi connectivity index (χ0v) is 12.2. The van der Waals surface area contributed by atoms with Crippen LogP contribution < -0.4 is 10.1 Å². The van der Waals surface area contributed by atoms with E-state index in [9.17, 15) is 22.4 Å². The Morgan fingerprint density at radius 1 is 1.13 bits per heavy atom. The number of rotatable bonds is 4. The van der Waals surface area contributed by atoms with E-state index < -0.39 is 35.8 Å². The van der Waals surface area contributed by atoms with Gasteiger partial charge < -0.3 is 10.1 Å². The van der Waals surface area contributed by atoms with Crippen LogP contribution in [-0.4, -0.2) is 12.5 Å². The van der Waals surface area contributed by atoms with Crippen LogP contribution >= 0.6 is 11.6 Å². The first-order valence-electron chi connectivity index (χ1n) is 6.30. The maximum Gasteiger partial charge on any atom is 0.416 e. The Bertz CT molecular complexity index is 702. The van der Waals surface area contributed by atoms with E-state index in [2.05, 4.69) is 0 Å². The minimum atomic E-state index is -4.63. The van der Waals surface area contributed by atoms with Crippen LogP contribution in [0.5, 0.6) is 5.75 Å². The first-order valence-corrected chi connectivity index (χ1v) is 6.68. The number of alkyl halides is 3. The quantitative estimate of drug-likeness (QED) is 0.826. The van der Waals surface area contributed by atoms with E-state index in [1.54, 1.807) is 12.1 Å². The fourth-order valence-electron chi connectivity index (χ4n) is 1.66. The fraction of sp³-hybridized carbons (Fsp3) is 0.133. The number of hydrogen-bond donors (Lipinski definition) is 1. The smallest absolute Gasteiger partial charge is 0.416 e. The van der Waals surface area contributed by atoms with Gasteiger partial charge in [-0.3, -0.25) is 4.79 Å². The minimum absolute atomic E-state index is 0.342. The van der Waals surface area contributed by atoms with E-state index in [1.807, 2.05) is 5.32 Å². The molecule has 0 saturated carbocycles. The Kier molecular flexibility index (Phi) is 5.10. The molecule has 0 fully saturated rings. The van der Waals surface area contributed by atoms with Crippen molar-refractivity contribution in [3.63, 3.8) is 0 Å². The molecular weight excluding hydrogens is 338 g/mol. The second kappa shape index (κ2) is 6.87. The lowest BCUT2D eigenvalue weighted by molar-refractivity contribution is -0.137. The second-order valence-corrected chi connectivity index (χ2v) is 4.92. The number of amides is 1. The third-order valence-corrected chi connectivity index (χ3v) is 3.00. The molecule has 0 aliphatic carbocycles. The van der Waals surface area contributed by atoms with Crippen LogP contribution in [0, 0.1) is 5.82 Å². The lowest BCUT2D eigenvalue weighted by Gasteiger charge is -2.11. The van der Waals surface area contributed by atoms with Crippen LogP contribution in [0.4, 0.5) is 23.2 Å². The molecule has 0 aromatic heterocycles. The number of halogens is 5. The Labute approximate surface area is 133 Å². The van der Waals surface area contributed by atoms with Gasteiger partial charge in [0, 0.05) is 5.02 Å². The minimum Gasteiger partial charge on any atom is -0.484 e. The molecule has 2 rings (SSSR count). The monoisotopic (exact) mass is 347 g/mol. The molecule has 0 atom stereocenters. The summed E-state index contributed by atoms with van der Waals surface area (Å²) in [6.45, 7) is -0.489. The largest absolute Gasteiger partial charge is 0.484 e. The molecule has 0 aliphatic rings. The van der Waals surface area contributed by atoms with Gasteiger partial charge >= 0.3 is 6.18 Å². The summed E-state index contributed by atoms with van der Waals surface area (Å²) in [6.07, 6.45) is -4.63. The predicted molar refractivity (Wildman–Crippen MR) is 77.0 cm³/mol. The zero-order valence-electron chi connectivity index (χ0n) is 11.5. The van der Waals surface area contributed by atoms with E-state index in [0.29, 0.717) is 29.0 Å². The van der Waals surface area contributed by atoms with Crippen LogP contribution in [-0.2, 0) is 11.0 Å². The molecule has 0 radical (unpaired) electrons. The van der Waals surface area contributed by atoms with E-state index in [4.69, 9.17) is 16.3 Å². The van der Waals surface area contributed by atoms with Gasteiger partial charge in [0.2, 0.25) is 0 Å². The average Bonchev–Trinajstić information content (AvgIpc) is 2.48. The van der Waals surface area contributed by atoms with Crippen molar-refractivity contribution in [2.24, 2.45) is 0 Å². The van der Waals surface area contributed by atoms with Crippen molar-refractivity contribution >= 4 is 23.2 Å². The summed E-state index contributed by atoms with van der Waals surface area (Å²) in [6, 6.07) is 7.87. The third-order valence-electron chi connectivity index (χ3n) is 2.75. The molecule has 8 heteroatoms. The van der Waals surface area contributed by atoms with Gasteiger partial charge in [-0.2, -0.15) is 13.2 Å². The first-order chi connectivity index (χ1) is 10.8. The van der Waals surface area contributed by atoms with Crippen LogP contribution in [0.15, 0.2) is 42.5 Å². The highest BCUT2D eigenvalue weighted by Gasteiger charge is 2.31. The summed E-state index contributed by atoms with van der Waals surface area (Å²) in [5.41, 5.74) is -1.63. The molecule has 23 heavy (non-hydrogen) atoms. The molecule has 0 bridgehead atoms. The van der Waals surface area contributed by atoms with Gasteiger partial charge in [0.05, 0.1) is 11.3 Å². The first kappa shape index (κ1) is 17.1. The average molecular weight is 348 g/mol. The van der Waals surface area contributed by atoms with E-state index in [-0.39, 0.29) is 0 Å². The number of carbonyl (C=O) groups excluding carboxylic acids is 1. The lowest BCUT2D eigenvalue weighted by atomic mass is 10.2. The Hall–Kier alpha value is -2.28. The van der Waals surface area contributed by atoms with Crippen molar-refractivity contribution in [3.8, 4) is 5.75 Å². The second-order valence-electron chi connectivity index (χ2n) is 4.48. The van der Waals surface area contributed by atoms with Crippen molar-refractivity contribution in [1.82, 2.24) is 0 Å². The number of benzene rings is 2. The summed E-state index contributed by atoms with van der Waals surface area (Å²) < 4.78 is 56.3. The van der Waals surface area contributed by atoms with Gasteiger partial charge in [0.25, 0.3) is 5.91 Å². The highest BCUT2D eigenvalue weighted by Crippen LogP contribution is 2.31. The molecule has 1 amide bonds. The van der Waals surface area contributed by atoms with E-state index >= 15 is 0 Å². The predicted octanol–water partition coefficient (Wildman–Crippen LogP) is 4.52. The molecule has 0 unspecified atom stereocenters. The fourth-order valence-corrected chi connectivity index (χ4v) is 1.79. The topological polar surface area (TPSA) is 38.3 Å². The molecule has 122 valence electrons. The van der Waals surface area contributed by atoms with Gasteiger partial charge in [-0.25, -0.2) is 4.39 Å². The number of hydrogen-bond acceptors (Lipinski definition) is 2. The lowest BCUT2D eigenvalue weighted by Crippen LogP contribution is -2.21. The summed E-state index contributed by atoms with van der Waals surface area (Å²) in [4.78, 5) is 11.7. The van der Waals surface area contributed by atoms with Crippen molar-refractivity contribution in [2.45, 2.75) is 6.18 Å². The van der Waals surface area contributed by atoms with Crippen molar-refractivity contribution in [2.75, 3.05) is 11.9 Å². The molecule has 1 N–H and O–H groups in total. The van der Waals surface area contributed by atoms with Crippen molar-refractivity contribution < 1.29 is 27.1 Å². The van der Waals surface area contributed by atoms with E-state index in [0.717, 1.165) is 0 Å². The van der Waals surface area contributed by atoms with Gasteiger partial charge in [-0.15, -0.1) is 0 Å². The standard InChI is InChI=1S/C15H10ClF4NO2/c16-10-2-4-11(5-3-10)23-8-14(22)21-13-7-9(15(18,19)20)1-6-12(13)17/h1-7H,8H2,(H,21,22). The maximum absolute atomic E-state index is 13.5. The molecule has 2 aromatic carbocycles. The molecule has 0 heterocycles. The highest BCUT2D eigenvalue weighted by atomic mass is 35.5. The van der Waals surface area contributed by atoms with Crippen LogP contribution in [0.25, 0.3) is 0 Å². The van der Waals surface area contributed by atoms with Crippen LogP contribution in [0.2, 0.25) is 5.02 Å². The van der Waals surface area contributed by atoms with Crippen molar-refractivity contribution in [3.05, 3.63) is 58.9 Å². The van der Waals surface area contributed by atoms with Gasteiger partial charge in [0.15, 0.2) is 6.61 Å². The number of nitrogens with one attached hydrogen (secondary N) is 1. The van der Waals surface area contributed by atoms with Crippen LogP contribution in [0.1, 0.15) is 5.56 Å². The highest BCUT2D eigenvalue weighted by molar-refractivity contribution is 6.30. The number of carbonyl (C=O) groups is 1. The SMILES string of the molecule is O=C(COc1ccc(Cl)cc1)Nc1cc(C(F)(F)F)ccc1F. The molecule has 2 aromatic rings. The molecule has 0 saturated heterocycles. The van der Waals surface area contributed by atoms with Crippen LogP contribution in [0.3, 0.4) is 0 Å². The molecule has 0 spiro atoms. The Morgan fingerprint density at radius 2 is 1.78 bits per heavy atom. The van der Waals surface area contributed by atoms with Gasteiger partial charge in [-0.05, 0) is 42.5 Å². The molecular formula is C15H10ClF4NO2. The zero-order chi connectivity index (χ0) is 17.0. The molecule has 3 nitrogen and oxygen atoms in total. The summed E-state index contributed by atoms with van der Waals surface area (Å²) in [5, 5.41) is 2.52. The normalized spacial score (nSPS) is 11.2. The Balaban J connectivity index is 2.01. The van der Waals surface area contributed by atoms with Gasteiger partial charge in [-0.1, -0.05) is 11.6 Å². The maximum atomic E-state index is 13.5. The van der Waals surface area contributed by atoms with E-state index in [1.165, 1.54) is 12.1 Å². The number of anilines is 1. The Morgan fingerprint density at radius 3 is 2.39 bits per heavy atom.